The Hall–Kier alpha value is -1.12. The molecule has 0 aromatic carbocycles. The van der Waals surface area contributed by atoms with Crippen LogP contribution in [0.3, 0.4) is 0 Å². The van der Waals surface area contributed by atoms with Gasteiger partial charge < -0.3 is 5.73 Å². The third-order valence-electron chi connectivity index (χ3n) is 1.35. The van der Waals surface area contributed by atoms with Crippen molar-refractivity contribution in [1.29, 1.82) is 0 Å². The van der Waals surface area contributed by atoms with Gasteiger partial charge >= 0.3 is 0 Å². The van der Waals surface area contributed by atoms with E-state index in [0.717, 1.165) is 25.1 Å². The lowest BCUT2D eigenvalue weighted by Gasteiger charge is -1.85. The number of carbonyl (C=O) groups is 1. The fraction of sp³-hybridized carbons (Fsp3) is 0.429. The number of amides is 1. The van der Waals surface area contributed by atoms with E-state index in [1.165, 1.54) is 6.08 Å². The van der Waals surface area contributed by atoms with Gasteiger partial charge in [0.15, 0.2) is 0 Å². The highest BCUT2D eigenvalue weighted by atomic mass is 16.1. The van der Waals surface area contributed by atoms with Crippen LogP contribution in [-0.4, -0.2) is 18.2 Å². The SMILES string of the molecule is NC(=O)/C=C/C1=NCCC1. The summed E-state index contributed by atoms with van der Waals surface area (Å²) in [5.41, 5.74) is 5.87. The fourth-order valence-corrected chi connectivity index (χ4v) is 0.876. The molecular formula is C7H10N2O. The Morgan fingerprint density at radius 3 is 3.00 bits per heavy atom. The first-order valence-electron chi connectivity index (χ1n) is 3.30. The van der Waals surface area contributed by atoms with Gasteiger partial charge in [0.25, 0.3) is 0 Å². The van der Waals surface area contributed by atoms with Crippen LogP contribution < -0.4 is 5.73 Å². The van der Waals surface area contributed by atoms with E-state index >= 15 is 0 Å². The summed E-state index contributed by atoms with van der Waals surface area (Å²) in [5.74, 6) is -0.408. The van der Waals surface area contributed by atoms with Crippen LogP contribution in [0.25, 0.3) is 0 Å². The van der Waals surface area contributed by atoms with E-state index in [9.17, 15) is 4.79 Å². The average molecular weight is 138 g/mol. The third-order valence-corrected chi connectivity index (χ3v) is 1.35. The van der Waals surface area contributed by atoms with Gasteiger partial charge in [-0.2, -0.15) is 0 Å². The van der Waals surface area contributed by atoms with Gasteiger partial charge in [-0.1, -0.05) is 0 Å². The molecule has 3 nitrogen and oxygen atoms in total. The maximum Gasteiger partial charge on any atom is 0.241 e. The van der Waals surface area contributed by atoms with Crippen molar-refractivity contribution in [2.45, 2.75) is 12.8 Å². The molecule has 1 aliphatic heterocycles. The zero-order valence-electron chi connectivity index (χ0n) is 5.71. The van der Waals surface area contributed by atoms with Crippen LogP contribution in [0, 0.1) is 0 Å². The van der Waals surface area contributed by atoms with E-state index in [0.29, 0.717) is 0 Å². The van der Waals surface area contributed by atoms with E-state index in [2.05, 4.69) is 4.99 Å². The molecule has 10 heavy (non-hydrogen) atoms. The van der Waals surface area contributed by atoms with E-state index in [4.69, 9.17) is 5.73 Å². The molecule has 1 heterocycles. The van der Waals surface area contributed by atoms with E-state index < -0.39 is 5.91 Å². The van der Waals surface area contributed by atoms with Crippen LogP contribution in [0.2, 0.25) is 0 Å². The molecule has 3 heteroatoms. The highest BCUT2D eigenvalue weighted by molar-refractivity contribution is 6.00. The maximum absolute atomic E-state index is 10.2. The molecule has 0 atom stereocenters. The second kappa shape index (κ2) is 3.15. The molecule has 0 aromatic rings. The zero-order chi connectivity index (χ0) is 7.40. The van der Waals surface area contributed by atoms with Gasteiger partial charge in [0.1, 0.15) is 0 Å². The molecule has 0 aliphatic carbocycles. The monoisotopic (exact) mass is 138 g/mol. The van der Waals surface area contributed by atoms with Crippen LogP contribution >= 0.6 is 0 Å². The molecule has 2 N–H and O–H groups in total. The number of rotatable bonds is 2. The fourth-order valence-electron chi connectivity index (χ4n) is 0.876. The summed E-state index contributed by atoms with van der Waals surface area (Å²) < 4.78 is 0. The van der Waals surface area contributed by atoms with Crippen molar-refractivity contribution in [3.63, 3.8) is 0 Å². The maximum atomic E-state index is 10.2. The lowest BCUT2D eigenvalue weighted by molar-refractivity contribution is -0.113. The van der Waals surface area contributed by atoms with Crippen LogP contribution in [-0.2, 0) is 4.79 Å². The average Bonchev–Trinajstić information content (AvgIpc) is 2.34. The number of nitrogens with two attached hydrogens (primary N) is 1. The molecule has 0 saturated heterocycles. The van der Waals surface area contributed by atoms with Crippen LogP contribution in [0.4, 0.5) is 0 Å². The molecule has 0 spiro atoms. The summed E-state index contributed by atoms with van der Waals surface area (Å²) in [6, 6.07) is 0. The lowest BCUT2D eigenvalue weighted by atomic mass is 10.2. The Balaban J connectivity index is 2.44. The first-order valence-corrected chi connectivity index (χ1v) is 3.30. The number of aliphatic imine (C=N–C) groups is 1. The summed E-state index contributed by atoms with van der Waals surface area (Å²) in [6.45, 7) is 0.887. The van der Waals surface area contributed by atoms with Gasteiger partial charge in [-0.25, -0.2) is 0 Å². The Kier molecular flexibility index (Phi) is 2.20. The molecule has 1 aliphatic rings. The standard InChI is InChI=1S/C7H10N2O/c8-7(10)4-3-6-2-1-5-9-6/h3-4H,1-2,5H2,(H2,8,10)/b4-3+. The molecule has 0 saturated carbocycles. The highest BCUT2D eigenvalue weighted by Gasteiger charge is 2.01. The normalized spacial score (nSPS) is 17.8. The van der Waals surface area contributed by atoms with Crippen molar-refractivity contribution in [2.24, 2.45) is 10.7 Å². The quantitative estimate of drug-likeness (QED) is 0.547. The van der Waals surface area contributed by atoms with Crippen LogP contribution in [0.1, 0.15) is 12.8 Å². The lowest BCUT2D eigenvalue weighted by Crippen LogP contribution is -2.06. The van der Waals surface area contributed by atoms with Crippen molar-refractivity contribution < 1.29 is 4.79 Å². The van der Waals surface area contributed by atoms with Crippen molar-refractivity contribution in [3.8, 4) is 0 Å². The topological polar surface area (TPSA) is 55.5 Å². The molecule has 1 rings (SSSR count). The highest BCUT2D eigenvalue weighted by Crippen LogP contribution is 2.03. The van der Waals surface area contributed by atoms with Gasteiger partial charge in [0.2, 0.25) is 5.91 Å². The zero-order valence-corrected chi connectivity index (χ0v) is 5.71. The summed E-state index contributed by atoms with van der Waals surface area (Å²) in [6.07, 6.45) is 5.11. The number of carbonyl (C=O) groups excluding carboxylic acids is 1. The Morgan fingerprint density at radius 2 is 2.50 bits per heavy atom. The predicted octanol–water partition coefficient (Wildman–Crippen LogP) is 0.263. The largest absolute Gasteiger partial charge is 0.366 e. The molecule has 0 unspecified atom stereocenters. The molecule has 0 bridgehead atoms. The number of allylic oxidation sites excluding steroid dienone is 1. The van der Waals surface area contributed by atoms with Crippen LogP contribution in [0.15, 0.2) is 17.1 Å². The Labute approximate surface area is 59.6 Å². The minimum absolute atomic E-state index is 0.408. The molecule has 0 fully saturated rings. The first kappa shape index (κ1) is 6.99. The van der Waals surface area contributed by atoms with Gasteiger partial charge in [-0.3, -0.25) is 9.79 Å². The van der Waals surface area contributed by atoms with Crippen molar-refractivity contribution in [3.05, 3.63) is 12.2 Å². The van der Waals surface area contributed by atoms with Gasteiger partial charge in [-0.15, -0.1) is 0 Å². The Bertz CT molecular complexity index is 194. The van der Waals surface area contributed by atoms with E-state index in [1.54, 1.807) is 6.08 Å². The minimum Gasteiger partial charge on any atom is -0.366 e. The first-order chi connectivity index (χ1) is 4.79. The van der Waals surface area contributed by atoms with Crippen molar-refractivity contribution in [1.82, 2.24) is 0 Å². The third kappa shape index (κ3) is 2.01. The van der Waals surface area contributed by atoms with E-state index in [-0.39, 0.29) is 0 Å². The number of hydrogen-bond acceptors (Lipinski definition) is 2. The molecule has 0 radical (unpaired) electrons. The van der Waals surface area contributed by atoms with Gasteiger partial charge in [0.05, 0.1) is 0 Å². The minimum atomic E-state index is -0.408. The van der Waals surface area contributed by atoms with Gasteiger partial charge in [-0.05, 0) is 18.9 Å². The van der Waals surface area contributed by atoms with Crippen molar-refractivity contribution >= 4 is 11.6 Å². The molecule has 0 aromatic heterocycles. The van der Waals surface area contributed by atoms with E-state index in [1.807, 2.05) is 0 Å². The second-order valence-corrected chi connectivity index (χ2v) is 2.21. The number of primary amides is 1. The predicted molar refractivity (Wildman–Crippen MR) is 39.9 cm³/mol. The van der Waals surface area contributed by atoms with Crippen LogP contribution in [0.5, 0.6) is 0 Å². The molecule has 1 amide bonds. The smallest absolute Gasteiger partial charge is 0.241 e. The number of hydrogen-bond donors (Lipinski definition) is 1. The summed E-state index contributed by atoms with van der Waals surface area (Å²) in [4.78, 5) is 14.4. The summed E-state index contributed by atoms with van der Waals surface area (Å²) in [7, 11) is 0. The summed E-state index contributed by atoms with van der Waals surface area (Å²) >= 11 is 0. The molecular weight excluding hydrogens is 128 g/mol. The van der Waals surface area contributed by atoms with Crippen molar-refractivity contribution in [2.75, 3.05) is 6.54 Å². The number of nitrogens with zero attached hydrogens (tertiary/aromatic N) is 1. The molecule has 54 valence electrons. The summed E-state index contributed by atoms with van der Waals surface area (Å²) in [5, 5.41) is 0. The Morgan fingerprint density at radius 1 is 1.70 bits per heavy atom. The van der Waals surface area contributed by atoms with Gasteiger partial charge in [0, 0.05) is 18.3 Å². The second-order valence-electron chi connectivity index (χ2n) is 2.21.